The topological polar surface area (TPSA) is 61.4 Å². The summed E-state index contributed by atoms with van der Waals surface area (Å²) in [5.41, 5.74) is 0.766. The summed E-state index contributed by atoms with van der Waals surface area (Å²) in [6, 6.07) is 4.44. The predicted molar refractivity (Wildman–Crippen MR) is 77.9 cm³/mol. The minimum Gasteiger partial charge on any atom is -0.314 e. The van der Waals surface area contributed by atoms with Gasteiger partial charge in [0.2, 0.25) is 10.0 Å². The zero-order valence-corrected chi connectivity index (χ0v) is 12.3. The lowest BCUT2D eigenvalue weighted by Gasteiger charge is -2.26. The van der Waals surface area contributed by atoms with Crippen molar-refractivity contribution in [2.24, 2.45) is 0 Å². The SMILES string of the molecule is Cc1ccc(NS(=O)(=O)CCN2CCNCC2)c(F)c1. The van der Waals surface area contributed by atoms with Crippen LogP contribution >= 0.6 is 0 Å². The third kappa shape index (κ3) is 4.43. The van der Waals surface area contributed by atoms with Crippen molar-refractivity contribution in [1.29, 1.82) is 0 Å². The van der Waals surface area contributed by atoms with Crippen molar-refractivity contribution in [3.63, 3.8) is 0 Å². The van der Waals surface area contributed by atoms with Crippen LogP contribution in [0.5, 0.6) is 0 Å². The Bertz CT molecular complexity index is 557. The van der Waals surface area contributed by atoms with E-state index in [1.807, 2.05) is 0 Å². The van der Waals surface area contributed by atoms with Crippen molar-refractivity contribution in [3.8, 4) is 0 Å². The van der Waals surface area contributed by atoms with E-state index < -0.39 is 15.8 Å². The van der Waals surface area contributed by atoms with Crippen LogP contribution in [-0.2, 0) is 10.0 Å². The molecule has 1 aromatic rings. The molecule has 1 saturated heterocycles. The maximum atomic E-state index is 13.6. The van der Waals surface area contributed by atoms with Crippen molar-refractivity contribution in [3.05, 3.63) is 29.6 Å². The van der Waals surface area contributed by atoms with Gasteiger partial charge in [-0.2, -0.15) is 0 Å². The van der Waals surface area contributed by atoms with Crippen molar-refractivity contribution >= 4 is 15.7 Å². The van der Waals surface area contributed by atoms with E-state index in [0.717, 1.165) is 31.7 Å². The van der Waals surface area contributed by atoms with Gasteiger partial charge in [-0.3, -0.25) is 9.62 Å². The fourth-order valence-corrected chi connectivity index (χ4v) is 3.21. The number of nitrogens with one attached hydrogen (secondary N) is 2. The molecule has 0 amide bonds. The Labute approximate surface area is 119 Å². The van der Waals surface area contributed by atoms with E-state index in [2.05, 4.69) is 14.9 Å². The lowest BCUT2D eigenvalue weighted by Crippen LogP contribution is -2.45. The molecule has 1 aliphatic rings. The van der Waals surface area contributed by atoms with Gasteiger partial charge in [-0.1, -0.05) is 6.07 Å². The van der Waals surface area contributed by atoms with Crippen LogP contribution in [0.15, 0.2) is 18.2 Å². The first-order chi connectivity index (χ1) is 9.46. The van der Waals surface area contributed by atoms with Crippen molar-refractivity contribution < 1.29 is 12.8 Å². The summed E-state index contributed by atoms with van der Waals surface area (Å²) in [6.07, 6.45) is 0. The standard InChI is InChI=1S/C13H20FN3O2S/c1-11-2-3-13(12(14)10-11)16-20(18,19)9-8-17-6-4-15-5-7-17/h2-3,10,15-16H,4-9H2,1H3. The van der Waals surface area contributed by atoms with Crippen LogP contribution in [0.1, 0.15) is 5.56 Å². The average Bonchev–Trinajstić information content (AvgIpc) is 2.41. The lowest BCUT2D eigenvalue weighted by molar-refractivity contribution is 0.254. The monoisotopic (exact) mass is 301 g/mol. The molecular formula is C13H20FN3O2S. The number of hydrogen-bond donors (Lipinski definition) is 2. The summed E-state index contributed by atoms with van der Waals surface area (Å²) in [4.78, 5) is 2.08. The Balaban J connectivity index is 1.93. The largest absolute Gasteiger partial charge is 0.314 e. The van der Waals surface area contributed by atoms with Gasteiger partial charge < -0.3 is 5.32 Å². The van der Waals surface area contributed by atoms with Gasteiger partial charge in [0, 0.05) is 32.7 Å². The molecule has 0 saturated carbocycles. The highest BCUT2D eigenvalue weighted by Crippen LogP contribution is 2.16. The highest BCUT2D eigenvalue weighted by Gasteiger charge is 2.16. The maximum absolute atomic E-state index is 13.6. The number of aryl methyl sites for hydroxylation is 1. The molecule has 0 unspecified atom stereocenters. The van der Waals surface area contributed by atoms with Gasteiger partial charge in [0.25, 0.3) is 0 Å². The van der Waals surface area contributed by atoms with Crippen LogP contribution in [0.25, 0.3) is 0 Å². The second kappa shape index (κ2) is 6.51. The van der Waals surface area contributed by atoms with Gasteiger partial charge in [-0.25, -0.2) is 12.8 Å². The second-order valence-corrected chi connectivity index (χ2v) is 6.84. The van der Waals surface area contributed by atoms with E-state index in [1.54, 1.807) is 13.0 Å². The number of anilines is 1. The van der Waals surface area contributed by atoms with Gasteiger partial charge in [0.15, 0.2) is 0 Å². The molecule has 2 N–H and O–H groups in total. The van der Waals surface area contributed by atoms with E-state index >= 15 is 0 Å². The molecule has 1 aromatic carbocycles. The molecule has 5 nitrogen and oxygen atoms in total. The number of hydrogen-bond acceptors (Lipinski definition) is 4. The molecule has 1 aliphatic heterocycles. The summed E-state index contributed by atoms with van der Waals surface area (Å²) >= 11 is 0. The van der Waals surface area contributed by atoms with E-state index in [4.69, 9.17) is 0 Å². The first kappa shape index (κ1) is 15.2. The van der Waals surface area contributed by atoms with Gasteiger partial charge >= 0.3 is 0 Å². The quantitative estimate of drug-likeness (QED) is 0.844. The zero-order chi connectivity index (χ0) is 14.6. The highest BCUT2D eigenvalue weighted by molar-refractivity contribution is 7.92. The third-order valence-electron chi connectivity index (χ3n) is 3.28. The van der Waals surface area contributed by atoms with E-state index in [9.17, 15) is 12.8 Å². The van der Waals surface area contributed by atoms with Gasteiger partial charge in [-0.15, -0.1) is 0 Å². The minimum atomic E-state index is -3.52. The average molecular weight is 301 g/mol. The predicted octanol–water partition coefficient (Wildman–Crippen LogP) is 0.781. The summed E-state index contributed by atoms with van der Waals surface area (Å²) < 4.78 is 39.9. The van der Waals surface area contributed by atoms with Crippen LogP contribution in [0.2, 0.25) is 0 Å². The fraction of sp³-hybridized carbons (Fsp3) is 0.538. The first-order valence-electron chi connectivity index (χ1n) is 6.66. The van der Waals surface area contributed by atoms with Crippen LogP contribution in [-0.4, -0.2) is 51.8 Å². The Morgan fingerprint density at radius 2 is 2.05 bits per heavy atom. The van der Waals surface area contributed by atoms with Crippen molar-refractivity contribution in [2.45, 2.75) is 6.92 Å². The van der Waals surface area contributed by atoms with E-state index in [1.165, 1.54) is 12.1 Å². The molecule has 1 heterocycles. The molecule has 112 valence electrons. The van der Waals surface area contributed by atoms with E-state index in [0.29, 0.717) is 6.54 Å². The number of piperazine rings is 1. The highest BCUT2D eigenvalue weighted by atomic mass is 32.2. The molecule has 0 spiro atoms. The molecule has 20 heavy (non-hydrogen) atoms. The van der Waals surface area contributed by atoms with Gasteiger partial charge in [0.05, 0.1) is 11.4 Å². The first-order valence-corrected chi connectivity index (χ1v) is 8.31. The van der Waals surface area contributed by atoms with Gasteiger partial charge in [-0.05, 0) is 24.6 Å². The van der Waals surface area contributed by atoms with Crippen LogP contribution in [0.4, 0.5) is 10.1 Å². The summed E-state index contributed by atoms with van der Waals surface area (Å²) in [5, 5.41) is 3.21. The molecule has 0 atom stereocenters. The Morgan fingerprint density at radius 1 is 1.35 bits per heavy atom. The Morgan fingerprint density at radius 3 is 2.70 bits per heavy atom. The zero-order valence-electron chi connectivity index (χ0n) is 11.5. The molecule has 0 aromatic heterocycles. The molecule has 0 radical (unpaired) electrons. The van der Waals surface area contributed by atoms with Crippen LogP contribution < -0.4 is 10.0 Å². The Kier molecular flexibility index (Phi) is 4.95. The van der Waals surface area contributed by atoms with E-state index in [-0.39, 0.29) is 11.4 Å². The van der Waals surface area contributed by atoms with Gasteiger partial charge in [0.1, 0.15) is 5.82 Å². The minimum absolute atomic E-state index is 0.0101. The number of sulfonamides is 1. The number of benzene rings is 1. The molecule has 1 fully saturated rings. The van der Waals surface area contributed by atoms with Crippen LogP contribution in [0, 0.1) is 12.7 Å². The fourth-order valence-electron chi connectivity index (χ4n) is 2.11. The number of nitrogens with zero attached hydrogens (tertiary/aromatic N) is 1. The molecular weight excluding hydrogens is 281 g/mol. The van der Waals surface area contributed by atoms with Crippen molar-refractivity contribution in [1.82, 2.24) is 10.2 Å². The Hall–Kier alpha value is -1.18. The van der Waals surface area contributed by atoms with Crippen LogP contribution in [0.3, 0.4) is 0 Å². The normalized spacial score (nSPS) is 17.1. The molecule has 0 bridgehead atoms. The maximum Gasteiger partial charge on any atom is 0.234 e. The molecule has 7 heteroatoms. The number of rotatable bonds is 5. The summed E-state index contributed by atoms with van der Waals surface area (Å²) in [5.74, 6) is -0.573. The number of halogens is 1. The van der Waals surface area contributed by atoms with Crippen molar-refractivity contribution in [2.75, 3.05) is 43.2 Å². The second-order valence-electron chi connectivity index (χ2n) is 5.00. The smallest absolute Gasteiger partial charge is 0.234 e. The molecule has 0 aliphatic carbocycles. The lowest BCUT2D eigenvalue weighted by atomic mass is 10.2. The summed E-state index contributed by atoms with van der Waals surface area (Å²) in [7, 11) is -3.52. The third-order valence-corrected chi connectivity index (χ3v) is 4.53. The molecule has 2 rings (SSSR count). The summed E-state index contributed by atoms with van der Waals surface area (Å²) in [6.45, 7) is 5.65.